The maximum atomic E-state index is 12.1. The van der Waals surface area contributed by atoms with Crippen LogP contribution in [0.15, 0.2) is 60.7 Å². The molecule has 2 amide bonds. The van der Waals surface area contributed by atoms with Crippen LogP contribution in [0.2, 0.25) is 0 Å². The summed E-state index contributed by atoms with van der Waals surface area (Å²) >= 11 is 0. The molecule has 124 valence electrons. The van der Waals surface area contributed by atoms with Gasteiger partial charge in [-0.1, -0.05) is 50.2 Å². The molecule has 2 rings (SSSR count). The molecule has 4 nitrogen and oxygen atoms in total. The van der Waals surface area contributed by atoms with Gasteiger partial charge in [0.05, 0.1) is 0 Å². The number of amides is 2. The second kappa shape index (κ2) is 8.67. The molecule has 0 aromatic heterocycles. The molecule has 2 aromatic rings. The van der Waals surface area contributed by atoms with Crippen LogP contribution in [-0.4, -0.2) is 18.4 Å². The van der Waals surface area contributed by atoms with Crippen LogP contribution < -0.4 is 10.6 Å². The average Bonchev–Trinajstić information content (AvgIpc) is 2.59. The van der Waals surface area contributed by atoms with Gasteiger partial charge in [0.25, 0.3) is 5.91 Å². The van der Waals surface area contributed by atoms with E-state index in [1.807, 2.05) is 44.2 Å². The van der Waals surface area contributed by atoms with Gasteiger partial charge in [0.2, 0.25) is 5.91 Å². The fourth-order valence-electron chi connectivity index (χ4n) is 2.06. The summed E-state index contributed by atoms with van der Waals surface area (Å²) in [5, 5.41) is 5.63. The third-order valence-corrected chi connectivity index (χ3v) is 3.29. The van der Waals surface area contributed by atoms with Crippen LogP contribution in [0, 0.1) is 5.92 Å². The van der Waals surface area contributed by atoms with E-state index in [1.54, 1.807) is 30.3 Å². The second-order valence-corrected chi connectivity index (χ2v) is 5.92. The lowest BCUT2D eigenvalue weighted by molar-refractivity contribution is -0.111. The van der Waals surface area contributed by atoms with Gasteiger partial charge in [0.1, 0.15) is 0 Å². The molecule has 2 aromatic carbocycles. The first kappa shape index (κ1) is 17.5. The van der Waals surface area contributed by atoms with Gasteiger partial charge in [-0.2, -0.15) is 0 Å². The minimum absolute atomic E-state index is 0.139. The lowest BCUT2D eigenvalue weighted by Gasteiger charge is -2.09. The van der Waals surface area contributed by atoms with Crippen LogP contribution in [0.5, 0.6) is 0 Å². The van der Waals surface area contributed by atoms with Gasteiger partial charge in [-0.15, -0.1) is 0 Å². The molecule has 0 saturated heterocycles. The van der Waals surface area contributed by atoms with Crippen LogP contribution in [-0.2, 0) is 4.79 Å². The zero-order chi connectivity index (χ0) is 17.4. The van der Waals surface area contributed by atoms with Gasteiger partial charge < -0.3 is 10.6 Å². The molecule has 0 bridgehead atoms. The fraction of sp³-hybridized carbons (Fsp3) is 0.200. The van der Waals surface area contributed by atoms with Crippen molar-refractivity contribution in [1.29, 1.82) is 0 Å². The molecule has 0 aliphatic carbocycles. The summed E-state index contributed by atoms with van der Waals surface area (Å²) in [6.45, 7) is 4.70. The Bertz CT molecular complexity index is 721. The molecule has 0 aliphatic heterocycles. The van der Waals surface area contributed by atoms with Crippen molar-refractivity contribution >= 4 is 23.6 Å². The van der Waals surface area contributed by atoms with E-state index in [4.69, 9.17) is 0 Å². The van der Waals surface area contributed by atoms with Crippen LogP contribution in [0.4, 0.5) is 5.69 Å². The van der Waals surface area contributed by atoms with Gasteiger partial charge in [0.15, 0.2) is 0 Å². The summed E-state index contributed by atoms with van der Waals surface area (Å²) in [6.07, 6.45) is 3.22. The number of anilines is 1. The van der Waals surface area contributed by atoms with E-state index in [0.717, 1.165) is 5.56 Å². The Hall–Kier alpha value is -2.88. The molecule has 24 heavy (non-hydrogen) atoms. The standard InChI is InChI=1S/C20H22N2O2/c1-15(2)14-21-20(24)17-9-6-10-18(13-17)22-19(23)12-11-16-7-4-3-5-8-16/h3-13,15H,14H2,1-2H3,(H,21,24)(H,22,23)/b12-11+. The Balaban J connectivity index is 1.97. The van der Waals surface area contributed by atoms with E-state index < -0.39 is 0 Å². The number of carbonyl (C=O) groups is 2. The van der Waals surface area contributed by atoms with Crippen molar-refractivity contribution in [3.8, 4) is 0 Å². The molecule has 0 saturated carbocycles. The number of nitrogens with one attached hydrogen (secondary N) is 2. The van der Waals surface area contributed by atoms with Gasteiger partial charge in [0, 0.05) is 23.9 Å². The molecule has 0 radical (unpaired) electrons. The third kappa shape index (κ3) is 5.72. The number of rotatable bonds is 6. The van der Waals surface area contributed by atoms with E-state index in [-0.39, 0.29) is 11.8 Å². The van der Waals surface area contributed by atoms with Crippen molar-refractivity contribution in [2.24, 2.45) is 5.92 Å². The molecule has 0 spiro atoms. The number of benzene rings is 2. The van der Waals surface area contributed by atoms with Gasteiger partial charge >= 0.3 is 0 Å². The topological polar surface area (TPSA) is 58.2 Å². The first-order valence-electron chi connectivity index (χ1n) is 7.97. The lowest BCUT2D eigenvalue weighted by Crippen LogP contribution is -2.27. The highest BCUT2D eigenvalue weighted by Gasteiger charge is 2.07. The Kier molecular flexibility index (Phi) is 6.32. The molecule has 0 heterocycles. The van der Waals surface area contributed by atoms with E-state index in [9.17, 15) is 9.59 Å². The van der Waals surface area contributed by atoms with Crippen LogP contribution in [0.1, 0.15) is 29.8 Å². The van der Waals surface area contributed by atoms with Crippen LogP contribution >= 0.6 is 0 Å². The Morgan fingerprint density at radius 2 is 1.79 bits per heavy atom. The van der Waals surface area contributed by atoms with Crippen molar-refractivity contribution in [2.45, 2.75) is 13.8 Å². The Morgan fingerprint density at radius 1 is 1.04 bits per heavy atom. The van der Waals surface area contributed by atoms with Crippen LogP contribution in [0.3, 0.4) is 0 Å². The molecule has 0 aliphatic rings. The fourth-order valence-corrected chi connectivity index (χ4v) is 2.06. The first-order chi connectivity index (χ1) is 11.5. The normalized spacial score (nSPS) is 10.8. The smallest absolute Gasteiger partial charge is 0.251 e. The second-order valence-electron chi connectivity index (χ2n) is 5.92. The highest BCUT2D eigenvalue weighted by Crippen LogP contribution is 2.11. The SMILES string of the molecule is CC(C)CNC(=O)c1cccc(NC(=O)/C=C/c2ccccc2)c1. The minimum atomic E-state index is -0.237. The van der Waals surface area contributed by atoms with Gasteiger partial charge in [-0.05, 0) is 35.8 Å². The summed E-state index contributed by atoms with van der Waals surface area (Å²) in [6, 6.07) is 16.5. The van der Waals surface area contributed by atoms with E-state index in [1.165, 1.54) is 6.08 Å². The highest BCUT2D eigenvalue weighted by atomic mass is 16.2. The van der Waals surface area contributed by atoms with Gasteiger partial charge in [-0.25, -0.2) is 0 Å². The summed E-state index contributed by atoms with van der Waals surface area (Å²) < 4.78 is 0. The maximum absolute atomic E-state index is 12.1. The highest BCUT2D eigenvalue weighted by molar-refractivity contribution is 6.03. The van der Waals surface area contributed by atoms with E-state index in [0.29, 0.717) is 23.7 Å². The predicted octanol–water partition coefficient (Wildman–Crippen LogP) is 3.72. The summed E-state index contributed by atoms with van der Waals surface area (Å²) in [7, 11) is 0. The zero-order valence-electron chi connectivity index (χ0n) is 14.0. The Labute approximate surface area is 142 Å². The molecule has 4 heteroatoms. The lowest BCUT2D eigenvalue weighted by atomic mass is 10.1. The van der Waals surface area contributed by atoms with Crippen molar-refractivity contribution in [2.75, 3.05) is 11.9 Å². The molecular formula is C20H22N2O2. The maximum Gasteiger partial charge on any atom is 0.251 e. The number of carbonyl (C=O) groups excluding carboxylic acids is 2. The summed E-state index contributed by atoms with van der Waals surface area (Å²) in [5.41, 5.74) is 2.07. The van der Waals surface area contributed by atoms with Crippen molar-refractivity contribution in [1.82, 2.24) is 5.32 Å². The number of hydrogen-bond acceptors (Lipinski definition) is 2. The molecule has 0 fully saturated rings. The average molecular weight is 322 g/mol. The summed E-state index contributed by atoms with van der Waals surface area (Å²) in [4.78, 5) is 24.0. The zero-order valence-corrected chi connectivity index (χ0v) is 14.0. The van der Waals surface area contributed by atoms with Crippen molar-refractivity contribution in [3.63, 3.8) is 0 Å². The minimum Gasteiger partial charge on any atom is -0.352 e. The van der Waals surface area contributed by atoms with Crippen molar-refractivity contribution in [3.05, 3.63) is 71.8 Å². The largest absolute Gasteiger partial charge is 0.352 e. The van der Waals surface area contributed by atoms with Crippen molar-refractivity contribution < 1.29 is 9.59 Å². The predicted molar refractivity (Wildman–Crippen MR) is 97.7 cm³/mol. The Morgan fingerprint density at radius 3 is 2.50 bits per heavy atom. The quantitative estimate of drug-likeness (QED) is 0.796. The van der Waals surface area contributed by atoms with Gasteiger partial charge in [-0.3, -0.25) is 9.59 Å². The summed E-state index contributed by atoms with van der Waals surface area (Å²) in [5.74, 6) is 0.0122. The van der Waals surface area contributed by atoms with E-state index in [2.05, 4.69) is 10.6 Å². The van der Waals surface area contributed by atoms with E-state index >= 15 is 0 Å². The van der Waals surface area contributed by atoms with Crippen LogP contribution in [0.25, 0.3) is 6.08 Å². The first-order valence-corrected chi connectivity index (χ1v) is 7.97. The number of hydrogen-bond donors (Lipinski definition) is 2. The molecule has 2 N–H and O–H groups in total. The molecule has 0 unspecified atom stereocenters. The third-order valence-electron chi connectivity index (χ3n) is 3.29. The molecule has 0 atom stereocenters. The molecular weight excluding hydrogens is 300 g/mol. The monoisotopic (exact) mass is 322 g/mol.